The van der Waals surface area contributed by atoms with Gasteiger partial charge in [0.05, 0.1) is 0 Å². The van der Waals surface area contributed by atoms with Crippen molar-refractivity contribution in [3.05, 3.63) is 71.4 Å². The van der Waals surface area contributed by atoms with E-state index in [1.54, 1.807) is 6.08 Å². The summed E-state index contributed by atoms with van der Waals surface area (Å²) in [7, 11) is 6.14. The van der Waals surface area contributed by atoms with Crippen LogP contribution in [0.3, 0.4) is 0 Å². The Morgan fingerprint density at radius 2 is 1.96 bits per heavy atom. The van der Waals surface area contributed by atoms with Crippen LogP contribution in [0.4, 0.5) is 5.69 Å². The van der Waals surface area contributed by atoms with Crippen molar-refractivity contribution in [3.63, 3.8) is 0 Å². The SMILES string of the molecule is C=CCO[P+](=O)C1=C2C=CC(=[N+](C)C)C=C2C(C)(C)c2cc(N(C)C)ccc21. The Hall–Kier alpha value is -2.29. The van der Waals surface area contributed by atoms with Crippen LogP contribution in [0.15, 0.2) is 60.2 Å². The highest BCUT2D eigenvalue weighted by Gasteiger charge is 2.45. The summed E-state index contributed by atoms with van der Waals surface area (Å²) in [4.78, 5) is 2.09. The molecule has 0 N–H and O–H groups in total. The molecule has 0 saturated carbocycles. The van der Waals surface area contributed by atoms with Gasteiger partial charge in [0.1, 0.15) is 20.7 Å². The summed E-state index contributed by atoms with van der Waals surface area (Å²) in [5.41, 5.74) is 6.38. The van der Waals surface area contributed by atoms with Crippen LogP contribution < -0.4 is 4.90 Å². The summed E-state index contributed by atoms with van der Waals surface area (Å²) >= 11 is 0. The molecule has 0 spiro atoms. The maximum Gasteiger partial charge on any atom is 0.550 e. The number of rotatable bonds is 5. The van der Waals surface area contributed by atoms with Gasteiger partial charge in [-0.25, -0.2) is 4.58 Å². The second kappa shape index (κ2) is 7.62. The Bertz CT molecular complexity index is 974. The molecule has 0 bridgehead atoms. The molecular weight excluding hydrogens is 367 g/mol. The van der Waals surface area contributed by atoms with Gasteiger partial charge in [0.2, 0.25) is 5.31 Å². The Kier molecular flexibility index (Phi) is 5.56. The molecular formula is C23H29N2O2P+2. The largest absolute Gasteiger partial charge is 0.550 e. The lowest BCUT2D eigenvalue weighted by atomic mass is 9.67. The zero-order chi connectivity index (χ0) is 20.6. The van der Waals surface area contributed by atoms with E-state index in [0.29, 0.717) is 0 Å². The predicted molar refractivity (Wildman–Crippen MR) is 119 cm³/mol. The molecule has 0 heterocycles. The van der Waals surface area contributed by atoms with Gasteiger partial charge in [-0.2, -0.15) is 0 Å². The highest BCUT2D eigenvalue weighted by atomic mass is 31.1. The highest BCUT2D eigenvalue weighted by molar-refractivity contribution is 7.51. The van der Waals surface area contributed by atoms with Crippen LogP contribution in [0, 0.1) is 0 Å². The van der Waals surface area contributed by atoms with Gasteiger partial charge in [0.25, 0.3) is 0 Å². The smallest absolute Gasteiger partial charge is 0.378 e. The molecule has 0 aromatic heterocycles. The first-order valence-electron chi connectivity index (χ1n) is 9.41. The monoisotopic (exact) mass is 396 g/mol. The fourth-order valence-corrected chi connectivity index (χ4v) is 4.89. The molecule has 1 aromatic carbocycles. The Labute approximate surface area is 169 Å². The van der Waals surface area contributed by atoms with E-state index >= 15 is 0 Å². The van der Waals surface area contributed by atoms with Crippen LogP contribution >= 0.6 is 8.03 Å². The first kappa shape index (κ1) is 20.4. The number of hydrogen-bond donors (Lipinski definition) is 0. The van der Waals surface area contributed by atoms with Gasteiger partial charge in [-0.05, 0) is 40.0 Å². The van der Waals surface area contributed by atoms with Crippen LogP contribution in [0.25, 0.3) is 5.31 Å². The minimum absolute atomic E-state index is 0.221. The minimum atomic E-state index is -2.00. The fraction of sp³-hybridized carbons (Fsp3) is 0.348. The molecule has 0 amide bonds. The number of nitrogens with zero attached hydrogens (tertiary/aromatic N) is 2. The molecule has 1 atom stereocenters. The van der Waals surface area contributed by atoms with Gasteiger partial charge in [0.15, 0.2) is 5.71 Å². The maximum absolute atomic E-state index is 13.2. The van der Waals surface area contributed by atoms with E-state index in [1.807, 2.05) is 28.2 Å². The molecule has 146 valence electrons. The lowest BCUT2D eigenvalue weighted by Gasteiger charge is -2.36. The van der Waals surface area contributed by atoms with E-state index in [0.717, 1.165) is 27.8 Å². The number of hydrogen-bond acceptors (Lipinski definition) is 3. The van der Waals surface area contributed by atoms with E-state index in [-0.39, 0.29) is 12.0 Å². The zero-order valence-electron chi connectivity index (χ0n) is 17.6. The van der Waals surface area contributed by atoms with Crippen LogP contribution in [-0.4, -0.2) is 45.1 Å². The zero-order valence-corrected chi connectivity index (χ0v) is 18.5. The van der Waals surface area contributed by atoms with E-state index in [1.165, 1.54) is 11.1 Å². The average Bonchev–Trinajstić information content (AvgIpc) is 2.65. The average molecular weight is 396 g/mol. The number of fused-ring (bicyclic) bond motifs is 2. The summed E-state index contributed by atoms with van der Waals surface area (Å²) < 4.78 is 20.8. The fourth-order valence-electron chi connectivity index (χ4n) is 3.74. The second-order valence-electron chi connectivity index (χ2n) is 8.06. The van der Waals surface area contributed by atoms with Gasteiger partial charge in [-0.3, -0.25) is 0 Å². The molecule has 0 radical (unpaired) electrons. The van der Waals surface area contributed by atoms with Crippen molar-refractivity contribution >= 4 is 24.7 Å². The van der Waals surface area contributed by atoms with Crippen molar-refractivity contribution in [3.8, 4) is 0 Å². The molecule has 1 aromatic rings. The van der Waals surface area contributed by atoms with Crippen LogP contribution in [0.2, 0.25) is 0 Å². The summed E-state index contributed by atoms with van der Waals surface area (Å²) in [5.74, 6) is 0. The van der Waals surface area contributed by atoms with Crippen LogP contribution in [0.1, 0.15) is 25.0 Å². The molecule has 2 aliphatic rings. The van der Waals surface area contributed by atoms with E-state index in [9.17, 15) is 4.57 Å². The van der Waals surface area contributed by atoms with Crippen molar-refractivity contribution in [2.75, 3.05) is 39.7 Å². The standard InChI is InChI=1S/C23H29N2O2P/c1-8-13-27-28(26)22-18-11-9-16(24(4)5)14-20(18)23(2,3)21-15-17(25(6)7)10-12-19(21)22/h8-12,14-15H,1,13H2,2-7H3/q+2. The minimum Gasteiger partial charge on any atom is -0.378 e. The maximum atomic E-state index is 13.2. The predicted octanol–water partition coefficient (Wildman–Crippen LogP) is 4.91. The summed E-state index contributed by atoms with van der Waals surface area (Å²) in [6, 6.07) is 6.36. The quantitative estimate of drug-likeness (QED) is 0.403. The number of benzene rings is 1. The summed E-state index contributed by atoms with van der Waals surface area (Å²) in [5, 5.41) is 0.775. The van der Waals surface area contributed by atoms with Crippen molar-refractivity contribution in [1.29, 1.82) is 0 Å². The van der Waals surface area contributed by atoms with E-state index in [4.69, 9.17) is 4.52 Å². The van der Waals surface area contributed by atoms with Gasteiger partial charge in [-0.15, -0.1) is 11.1 Å². The molecule has 1 unspecified atom stereocenters. The summed E-state index contributed by atoms with van der Waals surface area (Å²) in [6.07, 6.45) is 7.99. The third-order valence-electron chi connectivity index (χ3n) is 5.39. The van der Waals surface area contributed by atoms with Crippen molar-refractivity contribution in [1.82, 2.24) is 0 Å². The molecule has 4 nitrogen and oxygen atoms in total. The molecule has 5 heteroatoms. The molecule has 28 heavy (non-hydrogen) atoms. The Balaban J connectivity index is 2.32. The first-order chi connectivity index (χ1) is 13.2. The topological polar surface area (TPSA) is 32.6 Å². The van der Waals surface area contributed by atoms with Crippen molar-refractivity contribution < 1.29 is 13.7 Å². The number of anilines is 1. The Morgan fingerprint density at radius 1 is 1.25 bits per heavy atom. The second-order valence-corrected chi connectivity index (χ2v) is 9.28. The van der Waals surface area contributed by atoms with Crippen LogP contribution in [-0.2, 0) is 14.5 Å². The molecule has 0 saturated heterocycles. The molecule has 2 aliphatic carbocycles. The van der Waals surface area contributed by atoms with E-state index in [2.05, 4.69) is 66.3 Å². The molecule has 0 aliphatic heterocycles. The van der Waals surface area contributed by atoms with Gasteiger partial charge >= 0.3 is 8.03 Å². The lowest BCUT2D eigenvalue weighted by molar-refractivity contribution is -0.462. The van der Waals surface area contributed by atoms with Crippen LogP contribution in [0.5, 0.6) is 0 Å². The van der Waals surface area contributed by atoms with Gasteiger partial charge in [0, 0.05) is 48.5 Å². The van der Waals surface area contributed by atoms with Gasteiger partial charge < -0.3 is 4.90 Å². The lowest BCUT2D eigenvalue weighted by Crippen LogP contribution is -2.30. The third kappa shape index (κ3) is 3.43. The number of allylic oxidation sites excluding steroid dienone is 5. The van der Waals surface area contributed by atoms with Crippen molar-refractivity contribution in [2.24, 2.45) is 0 Å². The van der Waals surface area contributed by atoms with Gasteiger partial charge in [-0.1, -0.05) is 19.9 Å². The van der Waals surface area contributed by atoms with Crippen molar-refractivity contribution in [2.45, 2.75) is 19.3 Å². The Morgan fingerprint density at radius 3 is 2.57 bits per heavy atom. The summed E-state index contributed by atoms with van der Waals surface area (Å²) in [6.45, 7) is 8.41. The van der Waals surface area contributed by atoms with E-state index < -0.39 is 8.03 Å². The highest BCUT2D eigenvalue weighted by Crippen LogP contribution is 2.56. The first-order valence-corrected chi connectivity index (χ1v) is 10.6. The normalized spacial score (nSPS) is 17.6. The third-order valence-corrected chi connectivity index (χ3v) is 6.62. The molecule has 3 rings (SSSR count). The molecule has 0 fully saturated rings.